The third kappa shape index (κ3) is 11.2. The summed E-state index contributed by atoms with van der Waals surface area (Å²) in [6.07, 6.45) is -0.248. The Morgan fingerprint density at radius 3 is 1.72 bits per heavy atom. The normalized spacial score (nSPS) is 14.3. The topological polar surface area (TPSA) is 283 Å². The maximum atomic E-state index is 12.5. The van der Waals surface area contributed by atoms with Crippen LogP contribution in [-0.2, 0) is 28.8 Å². The van der Waals surface area contributed by atoms with E-state index in [0.717, 1.165) is 0 Å². The molecule has 5 amide bonds. The van der Waals surface area contributed by atoms with Crippen LogP contribution in [0.1, 0.15) is 32.1 Å². The lowest BCUT2D eigenvalue weighted by Gasteiger charge is -2.24. The molecule has 0 aromatic carbocycles. The van der Waals surface area contributed by atoms with E-state index in [-0.39, 0.29) is 6.42 Å². The van der Waals surface area contributed by atoms with Crippen molar-refractivity contribution in [3.63, 3.8) is 0 Å². The van der Waals surface area contributed by atoms with Crippen molar-refractivity contribution in [2.24, 2.45) is 22.9 Å². The Bertz CT molecular complexity index is 702. The summed E-state index contributed by atoms with van der Waals surface area (Å²) < 4.78 is 0. The van der Waals surface area contributed by atoms with Gasteiger partial charge in [-0.15, -0.1) is 0 Å². The number of nitrogens with two attached hydrogens (primary N) is 4. The van der Waals surface area contributed by atoms with E-state index in [1.165, 1.54) is 0 Å². The summed E-state index contributed by atoms with van der Waals surface area (Å²) in [6.45, 7) is -0.563. The summed E-state index contributed by atoms with van der Waals surface area (Å²) >= 11 is 0. The maximum absolute atomic E-state index is 12.5. The fourth-order valence-electron chi connectivity index (χ4n) is 2.49. The molecule has 0 spiro atoms. The van der Waals surface area contributed by atoms with E-state index in [9.17, 15) is 33.9 Å². The third-order valence-electron chi connectivity index (χ3n) is 4.17. The van der Waals surface area contributed by atoms with Gasteiger partial charge in [-0.05, 0) is 25.8 Å². The molecule has 13 N–H and O–H groups in total. The number of aliphatic hydroxyl groups is 1. The fourth-order valence-corrected chi connectivity index (χ4v) is 2.49. The summed E-state index contributed by atoms with van der Waals surface area (Å²) in [7, 11) is 0. The lowest BCUT2D eigenvalue weighted by molar-refractivity contribution is -0.143. The highest BCUT2D eigenvalue weighted by Gasteiger charge is 2.30. The number of unbranched alkanes of at least 4 members (excludes halogenated alkanes) is 1. The second kappa shape index (κ2) is 14.7. The van der Waals surface area contributed by atoms with Crippen LogP contribution in [0.15, 0.2) is 0 Å². The second-order valence-electron chi connectivity index (χ2n) is 6.94. The zero-order chi connectivity index (χ0) is 24.8. The van der Waals surface area contributed by atoms with Gasteiger partial charge in [0.1, 0.15) is 18.1 Å². The molecule has 0 aliphatic rings. The van der Waals surface area contributed by atoms with E-state index in [2.05, 4.69) is 16.0 Å². The van der Waals surface area contributed by atoms with Crippen LogP contribution >= 0.6 is 0 Å². The fraction of sp³-hybridized carbons (Fsp3) is 0.647. The Labute approximate surface area is 183 Å². The lowest BCUT2D eigenvalue weighted by Crippen LogP contribution is -2.58. The molecule has 4 unspecified atom stereocenters. The standard InChI is InChI=1S/C17H31N7O8/c18-4-2-1-3-9(15(29)23-10(17(31)32)6-13(21)27)22-16(30)11(7-25)24-14(28)8(19)5-12(20)26/h8-11,25H,1-7,18-19H2,(H2,20,26)(H2,21,27)(H,22,30)(H,23,29)(H,24,28)(H,31,32). The minimum absolute atomic E-state index is 0.0466. The monoisotopic (exact) mass is 461 g/mol. The van der Waals surface area contributed by atoms with Gasteiger partial charge in [-0.3, -0.25) is 24.0 Å². The summed E-state index contributed by atoms with van der Waals surface area (Å²) in [4.78, 5) is 70.1. The highest BCUT2D eigenvalue weighted by Crippen LogP contribution is 2.04. The number of carboxylic acid groups (broad SMARTS) is 1. The lowest BCUT2D eigenvalue weighted by atomic mass is 10.1. The van der Waals surface area contributed by atoms with Gasteiger partial charge in [0.15, 0.2) is 0 Å². The number of nitrogens with one attached hydrogen (secondary N) is 3. The molecule has 0 heterocycles. The molecule has 0 fully saturated rings. The molecule has 15 nitrogen and oxygen atoms in total. The molecule has 32 heavy (non-hydrogen) atoms. The highest BCUT2D eigenvalue weighted by atomic mass is 16.4. The molecule has 0 aliphatic heterocycles. The van der Waals surface area contributed by atoms with Gasteiger partial charge in [0.25, 0.3) is 0 Å². The van der Waals surface area contributed by atoms with Crippen molar-refractivity contribution in [3.8, 4) is 0 Å². The largest absolute Gasteiger partial charge is 0.480 e. The molecule has 4 atom stereocenters. The van der Waals surface area contributed by atoms with Crippen LogP contribution < -0.4 is 38.9 Å². The molecule has 0 aromatic rings. The Morgan fingerprint density at radius 1 is 0.750 bits per heavy atom. The molecule has 0 bridgehead atoms. The third-order valence-corrected chi connectivity index (χ3v) is 4.17. The SMILES string of the molecule is NCCCCC(NC(=O)C(CO)NC(=O)C(N)CC(N)=O)C(=O)NC(CC(N)=O)C(=O)O. The van der Waals surface area contributed by atoms with Crippen LogP contribution in [-0.4, -0.2) is 83.0 Å². The van der Waals surface area contributed by atoms with Crippen molar-refractivity contribution in [1.82, 2.24) is 16.0 Å². The highest BCUT2D eigenvalue weighted by molar-refractivity contribution is 5.95. The zero-order valence-electron chi connectivity index (χ0n) is 17.4. The van der Waals surface area contributed by atoms with Crippen molar-refractivity contribution >= 4 is 35.5 Å². The number of primary amides is 2. The van der Waals surface area contributed by atoms with E-state index in [1.807, 2.05) is 0 Å². The number of carbonyl (C=O) groups is 6. The minimum Gasteiger partial charge on any atom is -0.480 e. The number of amides is 5. The Balaban J connectivity index is 5.30. The smallest absolute Gasteiger partial charge is 0.326 e. The Hall–Kier alpha value is -3.30. The molecule has 0 radical (unpaired) electrons. The summed E-state index contributed by atoms with van der Waals surface area (Å²) in [6, 6.07) is -5.77. The van der Waals surface area contributed by atoms with Crippen molar-refractivity contribution in [1.29, 1.82) is 0 Å². The zero-order valence-corrected chi connectivity index (χ0v) is 17.4. The number of aliphatic carboxylic acids is 1. The first-order chi connectivity index (χ1) is 14.9. The summed E-state index contributed by atoms with van der Waals surface area (Å²) in [5, 5.41) is 25.1. The van der Waals surface area contributed by atoms with Gasteiger partial charge < -0.3 is 49.1 Å². The predicted octanol–water partition coefficient (Wildman–Crippen LogP) is -5.28. The maximum Gasteiger partial charge on any atom is 0.326 e. The van der Waals surface area contributed by atoms with Crippen LogP contribution in [0.3, 0.4) is 0 Å². The molecular formula is C17H31N7O8. The number of hydrogen-bond donors (Lipinski definition) is 9. The average Bonchev–Trinajstić information content (AvgIpc) is 2.69. The van der Waals surface area contributed by atoms with Gasteiger partial charge in [0, 0.05) is 0 Å². The van der Waals surface area contributed by atoms with Gasteiger partial charge in [-0.1, -0.05) is 0 Å². The van der Waals surface area contributed by atoms with Crippen molar-refractivity contribution in [2.75, 3.05) is 13.2 Å². The molecule has 182 valence electrons. The van der Waals surface area contributed by atoms with Crippen molar-refractivity contribution < 1.29 is 39.0 Å². The number of hydrogen-bond acceptors (Lipinski definition) is 9. The van der Waals surface area contributed by atoms with E-state index in [4.69, 9.17) is 28.0 Å². The van der Waals surface area contributed by atoms with Crippen LogP contribution in [0.4, 0.5) is 0 Å². The second-order valence-corrected chi connectivity index (χ2v) is 6.94. The van der Waals surface area contributed by atoms with Gasteiger partial charge in [0.05, 0.1) is 25.5 Å². The van der Waals surface area contributed by atoms with E-state index < -0.39 is 79.1 Å². The summed E-state index contributed by atoms with van der Waals surface area (Å²) in [5.74, 6) is -6.14. The minimum atomic E-state index is -1.62. The first kappa shape index (κ1) is 28.7. The number of carboxylic acids is 1. The summed E-state index contributed by atoms with van der Waals surface area (Å²) in [5.41, 5.74) is 20.8. The molecule has 0 aromatic heterocycles. The van der Waals surface area contributed by atoms with Gasteiger partial charge in [-0.2, -0.15) is 0 Å². The van der Waals surface area contributed by atoms with Crippen LogP contribution in [0.25, 0.3) is 0 Å². The first-order valence-corrected chi connectivity index (χ1v) is 9.69. The van der Waals surface area contributed by atoms with Gasteiger partial charge >= 0.3 is 5.97 Å². The van der Waals surface area contributed by atoms with Crippen molar-refractivity contribution in [3.05, 3.63) is 0 Å². The van der Waals surface area contributed by atoms with Crippen molar-refractivity contribution in [2.45, 2.75) is 56.3 Å². The van der Waals surface area contributed by atoms with Crippen LogP contribution in [0, 0.1) is 0 Å². The van der Waals surface area contributed by atoms with Gasteiger partial charge in [0.2, 0.25) is 29.5 Å². The molecule has 15 heteroatoms. The molecule has 0 saturated heterocycles. The van der Waals surface area contributed by atoms with E-state index in [0.29, 0.717) is 19.4 Å². The van der Waals surface area contributed by atoms with Gasteiger partial charge in [-0.25, -0.2) is 4.79 Å². The van der Waals surface area contributed by atoms with E-state index in [1.54, 1.807) is 0 Å². The van der Waals surface area contributed by atoms with Crippen LogP contribution in [0.5, 0.6) is 0 Å². The molecule has 0 saturated carbocycles. The van der Waals surface area contributed by atoms with Crippen LogP contribution in [0.2, 0.25) is 0 Å². The molecule has 0 aliphatic carbocycles. The molecule has 0 rings (SSSR count). The number of rotatable bonds is 16. The van der Waals surface area contributed by atoms with E-state index >= 15 is 0 Å². The average molecular weight is 461 g/mol. The Morgan fingerprint density at radius 2 is 1.25 bits per heavy atom. The molecular weight excluding hydrogens is 430 g/mol. The quantitative estimate of drug-likeness (QED) is 0.0983. The number of aliphatic hydroxyl groups excluding tert-OH is 1. The Kier molecular flexibility index (Phi) is 13.1. The first-order valence-electron chi connectivity index (χ1n) is 9.69. The predicted molar refractivity (Wildman–Crippen MR) is 109 cm³/mol. The number of carbonyl (C=O) groups excluding carboxylic acids is 5.